The van der Waals surface area contributed by atoms with E-state index in [-0.39, 0.29) is 23.5 Å². The Labute approximate surface area is 187 Å². The lowest BCUT2D eigenvalue weighted by molar-refractivity contribution is -0.116. The Bertz CT molecular complexity index is 1040. The summed E-state index contributed by atoms with van der Waals surface area (Å²) in [5, 5.41) is 2.68. The lowest BCUT2D eigenvalue weighted by Gasteiger charge is -2.23. The molecule has 2 rings (SSSR count). The molecule has 0 unspecified atom stereocenters. The average molecular weight is 471 g/mol. The number of anilines is 1. The van der Waals surface area contributed by atoms with Crippen LogP contribution in [0.15, 0.2) is 47.4 Å². The van der Waals surface area contributed by atoms with Crippen molar-refractivity contribution in [1.29, 1.82) is 0 Å². The van der Waals surface area contributed by atoms with Gasteiger partial charge in [-0.1, -0.05) is 42.3 Å². The molecule has 0 heterocycles. The van der Waals surface area contributed by atoms with Crippen LogP contribution in [0.1, 0.15) is 37.6 Å². The first-order valence-corrected chi connectivity index (χ1v) is 11.7. The van der Waals surface area contributed by atoms with Gasteiger partial charge >= 0.3 is 0 Å². The normalized spacial score (nSPS) is 11.4. The number of carbonyl (C=O) groups is 2. The molecular formula is C21H24Cl2N2O4S. The largest absolute Gasteiger partial charge is 0.329 e. The van der Waals surface area contributed by atoms with Gasteiger partial charge in [0.2, 0.25) is 5.91 Å². The van der Waals surface area contributed by atoms with E-state index in [1.165, 1.54) is 23.1 Å². The van der Waals surface area contributed by atoms with Gasteiger partial charge in [0.15, 0.2) is 9.84 Å². The van der Waals surface area contributed by atoms with Crippen molar-refractivity contribution in [2.24, 2.45) is 0 Å². The summed E-state index contributed by atoms with van der Waals surface area (Å²) in [6.45, 7) is 5.01. The highest BCUT2D eigenvalue weighted by atomic mass is 35.5. The molecule has 2 aromatic rings. The van der Waals surface area contributed by atoms with Crippen molar-refractivity contribution in [2.45, 2.75) is 37.3 Å². The van der Waals surface area contributed by atoms with Crippen molar-refractivity contribution in [3.63, 3.8) is 0 Å². The van der Waals surface area contributed by atoms with Gasteiger partial charge in [-0.2, -0.15) is 0 Å². The maximum Gasteiger partial charge on any atom is 0.255 e. The Hall–Kier alpha value is -2.09. The third kappa shape index (κ3) is 5.74. The maximum absolute atomic E-state index is 13.2. The van der Waals surface area contributed by atoms with Gasteiger partial charge in [0.1, 0.15) is 6.54 Å². The molecule has 0 radical (unpaired) electrons. The van der Waals surface area contributed by atoms with Crippen molar-refractivity contribution in [3.05, 3.63) is 58.1 Å². The molecule has 0 saturated carbocycles. The summed E-state index contributed by atoms with van der Waals surface area (Å²) in [5.41, 5.74) is 0.383. The maximum atomic E-state index is 13.2. The number of benzene rings is 2. The summed E-state index contributed by atoms with van der Waals surface area (Å²) in [6, 6.07) is 10.7. The molecule has 0 spiro atoms. The van der Waals surface area contributed by atoms with E-state index in [0.717, 1.165) is 0 Å². The molecule has 30 heavy (non-hydrogen) atoms. The number of amides is 2. The number of halogens is 2. The van der Waals surface area contributed by atoms with Crippen molar-refractivity contribution in [2.75, 3.05) is 18.4 Å². The van der Waals surface area contributed by atoms with Gasteiger partial charge in [0.05, 0.1) is 26.4 Å². The summed E-state index contributed by atoms with van der Waals surface area (Å²) >= 11 is 12.0. The minimum absolute atomic E-state index is 0.0376. The molecule has 0 saturated heterocycles. The Morgan fingerprint density at radius 3 is 2.40 bits per heavy atom. The lowest BCUT2D eigenvalue weighted by Crippen LogP contribution is -2.39. The van der Waals surface area contributed by atoms with Crippen LogP contribution in [-0.4, -0.2) is 43.5 Å². The second kappa shape index (κ2) is 10.3. The minimum atomic E-state index is -3.67. The van der Waals surface area contributed by atoms with Gasteiger partial charge < -0.3 is 10.2 Å². The Morgan fingerprint density at radius 1 is 1.10 bits per heavy atom. The van der Waals surface area contributed by atoms with Crippen molar-refractivity contribution in [3.8, 4) is 0 Å². The van der Waals surface area contributed by atoms with Crippen LogP contribution in [0, 0.1) is 0 Å². The SMILES string of the molecule is CCCN(CC(=O)Nc1cc(Cl)ccc1Cl)C(=O)c1ccccc1S(=O)(=O)C(C)C. The Morgan fingerprint density at radius 2 is 1.77 bits per heavy atom. The van der Waals surface area contributed by atoms with E-state index in [1.807, 2.05) is 6.92 Å². The number of rotatable bonds is 8. The number of sulfone groups is 1. The molecule has 0 bridgehead atoms. The van der Waals surface area contributed by atoms with Crippen LogP contribution < -0.4 is 5.32 Å². The third-order valence-corrected chi connectivity index (χ3v) is 7.14. The molecule has 0 aliphatic rings. The molecule has 0 atom stereocenters. The summed E-state index contributed by atoms with van der Waals surface area (Å²) in [4.78, 5) is 27.0. The van der Waals surface area contributed by atoms with E-state index in [0.29, 0.717) is 22.2 Å². The van der Waals surface area contributed by atoms with Crippen molar-refractivity contribution >= 4 is 50.5 Å². The average Bonchev–Trinajstić information content (AvgIpc) is 2.69. The molecule has 0 fully saturated rings. The van der Waals surface area contributed by atoms with Gasteiger partial charge in [-0.3, -0.25) is 9.59 Å². The molecular weight excluding hydrogens is 447 g/mol. The zero-order valence-electron chi connectivity index (χ0n) is 17.0. The van der Waals surface area contributed by atoms with Gasteiger partial charge in [-0.05, 0) is 50.6 Å². The molecule has 9 heteroatoms. The van der Waals surface area contributed by atoms with E-state index in [4.69, 9.17) is 23.2 Å². The Balaban J connectivity index is 2.30. The third-order valence-electron chi connectivity index (χ3n) is 4.36. The van der Waals surface area contributed by atoms with Crippen LogP contribution in [-0.2, 0) is 14.6 Å². The Kier molecular flexibility index (Phi) is 8.29. The summed E-state index contributed by atoms with van der Waals surface area (Å²) in [6.07, 6.45) is 0.593. The molecule has 1 N–H and O–H groups in total. The van der Waals surface area contributed by atoms with E-state index in [9.17, 15) is 18.0 Å². The first-order chi connectivity index (χ1) is 14.1. The van der Waals surface area contributed by atoms with Gasteiger partial charge in [0.25, 0.3) is 5.91 Å². The van der Waals surface area contributed by atoms with Crippen LogP contribution in [0.2, 0.25) is 10.0 Å². The van der Waals surface area contributed by atoms with Crippen LogP contribution in [0.25, 0.3) is 0 Å². The van der Waals surface area contributed by atoms with E-state index in [2.05, 4.69) is 5.32 Å². The highest BCUT2D eigenvalue weighted by Gasteiger charge is 2.28. The molecule has 162 valence electrons. The van der Waals surface area contributed by atoms with Crippen molar-refractivity contribution < 1.29 is 18.0 Å². The van der Waals surface area contributed by atoms with Gasteiger partial charge in [-0.25, -0.2) is 8.42 Å². The zero-order valence-corrected chi connectivity index (χ0v) is 19.3. The molecule has 0 aromatic heterocycles. The molecule has 0 aliphatic heterocycles. The first kappa shape index (κ1) is 24.2. The fraction of sp³-hybridized carbons (Fsp3) is 0.333. The lowest BCUT2D eigenvalue weighted by atomic mass is 10.2. The topological polar surface area (TPSA) is 83.6 Å². The monoisotopic (exact) mass is 470 g/mol. The molecule has 6 nitrogen and oxygen atoms in total. The quantitative estimate of drug-likeness (QED) is 0.607. The number of nitrogens with zero attached hydrogens (tertiary/aromatic N) is 1. The van der Waals surface area contributed by atoms with Crippen LogP contribution >= 0.6 is 23.2 Å². The molecule has 2 amide bonds. The first-order valence-electron chi connectivity index (χ1n) is 9.45. The molecule has 2 aromatic carbocycles. The van der Waals surface area contributed by atoms with Crippen LogP contribution in [0.4, 0.5) is 5.69 Å². The van der Waals surface area contributed by atoms with E-state index < -0.39 is 26.9 Å². The van der Waals surface area contributed by atoms with Gasteiger partial charge in [0, 0.05) is 11.6 Å². The number of hydrogen-bond donors (Lipinski definition) is 1. The standard InChI is InChI=1S/C21H24Cl2N2O4S/c1-4-11-25(13-20(26)24-18-12-15(22)9-10-17(18)23)21(27)16-7-5-6-8-19(16)30(28,29)14(2)3/h5-10,12,14H,4,11,13H2,1-3H3,(H,24,26). The minimum Gasteiger partial charge on any atom is -0.329 e. The fourth-order valence-electron chi connectivity index (χ4n) is 2.79. The highest BCUT2D eigenvalue weighted by molar-refractivity contribution is 7.92. The predicted octanol–water partition coefficient (Wildman–Crippen LogP) is 4.67. The number of nitrogens with one attached hydrogen (secondary N) is 1. The number of carbonyl (C=O) groups excluding carboxylic acids is 2. The van der Waals surface area contributed by atoms with E-state index >= 15 is 0 Å². The van der Waals surface area contributed by atoms with Gasteiger partial charge in [-0.15, -0.1) is 0 Å². The van der Waals surface area contributed by atoms with Crippen molar-refractivity contribution in [1.82, 2.24) is 4.90 Å². The second-order valence-corrected chi connectivity index (χ2v) is 10.3. The highest BCUT2D eigenvalue weighted by Crippen LogP contribution is 2.26. The van der Waals surface area contributed by atoms with Crippen LogP contribution in [0.3, 0.4) is 0 Å². The van der Waals surface area contributed by atoms with Crippen LogP contribution in [0.5, 0.6) is 0 Å². The smallest absolute Gasteiger partial charge is 0.255 e. The second-order valence-electron chi connectivity index (χ2n) is 6.99. The number of hydrogen-bond acceptors (Lipinski definition) is 4. The zero-order chi connectivity index (χ0) is 22.5. The fourth-order valence-corrected chi connectivity index (χ4v) is 4.37. The summed E-state index contributed by atoms with van der Waals surface area (Å²) in [5.74, 6) is -0.991. The van der Waals surface area contributed by atoms with E-state index in [1.54, 1.807) is 38.1 Å². The summed E-state index contributed by atoms with van der Waals surface area (Å²) in [7, 11) is -3.67. The molecule has 0 aliphatic carbocycles. The predicted molar refractivity (Wildman–Crippen MR) is 120 cm³/mol. The summed E-state index contributed by atoms with van der Waals surface area (Å²) < 4.78 is 25.4.